The fraction of sp³-hybridized carbons (Fsp3) is 0.182. The lowest BCUT2D eigenvalue weighted by molar-refractivity contribution is -0.00829. The molecule has 0 aliphatic heterocycles. The van der Waals surface area contributed by atoms with Crippen LogP contribution in [0, 0.1) is 0 Å². The van der Waals surface area contributed by atoms with Crippen molar-refractivity contribution < 1.29 is 13.5 Å². The number of hydrogen-bond donors (Lipinski definition) is 1. The predicted octanol–water partition coefficient (Wildman–Crippen LogP) is 4.89. The van der Waals surface area contributed by atoms with Gasteiger partial charge in [-0.15, -0.1) is 0 Å². The average Bonchev–Trinajstić information content (AvgIpc) is 3.19. The molecule has 0 atom stereocenters. The van der Waals surface area contributed by atoms with Gasteiger partial charge in [-0.2, -0.15) is 5.10 Å². The minimum atomic E-state index is -2.95. The van der Waals surface area contributed by atoms with Crippen LogP contribution < -0.4 is 10.3 Å². The summed E-state index contributed by atoms with van der Waals surface area (Å²) in [5.41, 5.74) is 1.69. The highest BCUT2D eigenvalue weighted by Gasteiger charge is 2.29. The molecule has 0 radical (unpaired) electrons. The van der Waals surface area contributed by atoms with Crippen molar-refractivity contribution in [3.63, 3.8) is 0 Å². The van der Waals surface area contributed by atoms with Gasteiger partial charge in [0, 0.05) is 34.8 Å². The number of aromatic amines is 1. The average molecular weight is 395 g/mol. The summed E-state index contributed by atoms with van der Waals surface area (Å²) >= 11 is 0. The smallest absolute Gasteiger partial charge is 0.280 e. The summed E-state index contributed by atoms with van der Waals surface area (Å²) in [5.74, 6) is -2.22. The Hall–Kier alpha value is -3.48. The zero-order valence-electron chi connectivity index (χ0n) is 15.9. The van der Waals surface area contributed by atoms with E-state index in [2.05, 4.69) is 10.2 Å². The third kappa shape index (κ3) is 3.29. The van der Waals surface area contributed by atoms with Crippen molar-refractivity contribution in [2.24, 2.45) is 0 Å². The SMILES string of the molecule is CCC(F)(F)c1cccc(-n2ccc3c(-c4ccc(OC)cc4)n[nH]c3c2=O)c1. The number of aromatic nitrogens is 3. The monoisotopic (exact) mass is 395 g/mol. The van der Waals surface area contributed by atoms with E-state index in [1.54, 1.807) is 25.4 Å². The first-order valence-electron chi connectivity index (χ1n) is 9.17. The highest BCUT2D eigenvalue weighted by Crippen LogP contribution is 2.32. The van der Waals surface area contributed by atoms with Crippen LogP contribution in [0.25, 0.3) is 27.8 Å². The van der Waals surface area contributed by atoms with Gasteiger partial charge < -0.3 is 4.74 Å². The van der Waals surface area contributed by atoms with Gasteiger partial charge in [-0.3, -0.25) is 14.5 Å². The molecule has 0 unspecified atom stereocenters. The number of pyridine rings is 1. The van der Waals surface area contributed by atoms with Crippen LogP contribution in [-0.4, -0.2) is 21.9 Å². The van der Waals surface area contributed by atoms with Crippen LogP contribution in [0.15, 0.2) is 65.6 Å². The minimum Gasteiger partial charge on any atom is -0.497 e. The number of nitrogens with zero attached hydrogens (tertiary/aromatic N) is 2. The first kappa shape index (κ1) is 18.9. The van der Waals surface area contributed by atoms with Gasteiger partial charge in [0.25, 0.3) is 11.5 Å². The molecule has 0 bridgehead atoms. The molecular formula is C22H19F2N3O2. The second kappa shape index (κ2) is 7.16. The fourth-order valence-corrected chi connectivity index (χ4v) is 3.27. The molecule has 2 aromatic heterocycles. The number of halogens is 2. The number of alkyl halides is 2. The summed E-state index contributed by atoms with van der Waals surface area (Å²) in [7, 11) is 1.59. The van der Waals surface area contributed by atoms with E-state index in [-0.39, 0.29) is 17.5 Å². The maximum atomic E-state index is 14.1. The Bertz CT molecular complexity index is 1230. The maximum Gasteiger partial charge on any atom is 0.280 e. The van der Waals surface area contributed by atoms with Crippen molar-refractivity contribution in [1.29, 1.82) is 0 Å². The molecule has 0 saturated heterocycles. The molecule has 1 N–H and O–H groups in total. The van der Waals surface area contributed by atoms with E-state index in [9.17, 15) is 13.6 Å². The van der Waals surface area contributed by atoms with Gasteiger partial charge in [-0.25, -0.2) is 8.78 Å². The third-order valence-electron chi connectivity index (χ3n) is 4.98. The lowest BCUT2D eigenvalue weighted by Gasteiger charge is -2.16. The quantitative estimate of drug-likeness (QED) is 0.523. The van der Waals surface area contributed by atoms with Gasteiger partial charge in [0.05, 0.1) is 7.11 Å². The predicted molar refractivity (Wildman–Crippen MR) is 108 cm³/mol. The fourth-order valence-electron chi connectivity index (χ4n) is 3.27. The number of H-pyrrole nitrogens is 1. The number of methoxy groups -OCH3 is 1. The van der Waals surface area contributed by atoms with E-state index in [0.717, 1.165) is 11.3 Å². The Morgan fingerprint density at radius 3 is 2.59 bits per heavy atom. The summed E-state index contributed by atoms with van der Waals surface area (Å²) in [5, 5.41) is 7.73. The topological polar surface area (TPSA) is 59.9 Å². The zero-order valence-corrected chi connectivity index (χ0v) is 15.9. The normalized spacial score (nSPS) is 11.7. The minimum absolute atomic E-state index is 0.118. The van der Waals surface area contributed by atoms with Crippen molar-refractivity contribution >= 4 is 10.9 Å². The van der Waals surface area contributed by atoms with Crippen molar-refractivity contribution in [1.82, 2.24) is 14.8 Å². The van der Waals surface area contributed by atoms with Crippen LogP contribution in [0.4, 0.5) is 8.78 Å². The van der Waals surface area contributed by atoms with E-state index in [4.69, 9.17) is 4.74 Å². The van der Waals surface area contributed by atoms with Crippen molar-refractivity contribution in [3.05, 3.63) is 76.7 Å². The highest BCUT2D eigenvalue weighted by atomic mass is 19.3. The van der Waals surface area contributed by atoms with E-state index in [1.165, 1.54) is 29.7 Å². The van der Waals surface area contributed by atoms with Gasteiger partial charge >= 0.3 is 0 Å². The Morgan fingerprint density at radius 2 is 1.90 bits per heavy atom. The molecule has 2 heterocycles. The summed E-state index contributed by atoms with van der Waals surface area (Å²) in [6.07, 6.45) is 1.27. The molecule has 2 aromatic carbocycles. The molecule has 5 nitrogen and oxygen atoms in total. The number of fused-ring (bicyclic) bond motifs is 1. The van der Waals surface area contributed by atoms with Gasteiger partial charge in [0.15, 0.2) is 0 Å². The molecule has 0 aliphatic carbocycles. The highest BCUT2D eigenvalue weighted by molar-refractivity contribution is 5.92. The van der Waals surface area contributed by atoms with E-state index in [0.29, 0.717) is 22.3 Å². The Morgan fingerprint density at radius 1 is 1.14 bits per heavy atom. The van der Waals surface area contributed by atoms with Crippen LogP contribution in [0.5, 0.6) is 5.75 Å². The van der Waals surface area contributed by atoms with Gasteiger partial charge in [0.2, 0.25) is 0 Å². The van der Waals surface area contributed by atoms with Crippen molar-refractivity contribution in [3.8, 4) is 22.7 Å². The van der Waals surface area contributed by atoms with Gasteiger partial charge in [-0.1, -0.05) is 19.1 Å². The summed E-state index contributed by atoms with van der Waals surface area (Å²) < 4.78 is 34.6. The largest absolute Gasteiger partial charge is 0.497 e. The molecule has 0 spiro atoms. The first-order chi connectivity index (χ1) is 13.9. The van der Waals surface area contributed by atoms with Crippen LogP contribution in [-0.2, 0) is 5.92 Å². The molecule has 7 heteroatoms. The second-order valence-corrected chi connectivity index (χ2v) is 6.69. The van der Waals surface area contributed by atoms with Crippen LogP contribution >= 0.6 is 0 Å². The lowest BCUT2D eigenvalue weighted by atomic mass is 10.1. The number of benzene rings is 2. The summed E-state index contributed by atoms with van der Waals surface area (Å²) in [6.45, 7) is 1.43. The number of nitrogens with one attached hydrogen (secondary N) is 1. The summed E-state index contributed by atoms with van der Waals surface area (Å²) in [4.78, 5) is 13.0. The van der Waals surface area contributed by atoms with Crippen molar-refractivity contribution in [2.45, 2.75) is 19.3 Å². The van der Waals surface area contributed by atoms with Crippen molar-refractivity contribution in [2.75, 3.05) is 7.11 Å². The molecule has 4 rings (SSSR count). The van der Waals surface area contributed by atoms with Crippen LogP contribution in [0.3, 0.4) is 0 Å². The molecule has 4 aromatic rings. The molecule has 0 saturated carbocycles. The van der Waals surface area contributed by atoms with Gasteiger partial charge in [-0.05, 0) is 42.5 Å². The third-order valence-corrected chi connectivity index (χ3v) is 4.98. The molecule has 0 amide bonds. The zero-order chi connectivity index (χ0) is 20.6. The molecule has 0 fully saturated rings. The molecule has 148 valence electrons. The number of hydrogen-bond acceptors (Lipinski definition) is 3. The molecule has 0 aliphatic rings. The van der Waals surface area contributed by atoms with Crippen LogP contribution in [0.1, 0.15) is 18.9 Å². The Balaban J connectivity index is 1.80. The number of ether oxygens (including phenoxy) is 1. The van der Waals surface area contributed by atoms with Gasteiger partial charge in [0.1, 0.15) is 17.0 Å². The van der Waals surface area contributed by atoms with E-state index in [1.807, 2.05) is 24.3 Å². The standard InChI is InChI=1S/C22H19F2N3O2/c1-3-22(23,24)15-5-4-6-16(13-15)27-12-11-18-19(25-26-20(18)21(27)28)14-7-9-17(29-2)10-8-14/h4-13H,3H2,1-2H3,(H,25,26). The Labute approximate surface area is 165 Å². The van der Waals surface area contributed by atoms with Crippen LogP contribution in [0.2, 0.25) is 0 Å². The second-order valence-electron chi connectivity index (χ2n) is 6.69. The van der Waals surface area contributed by atoms with E-state index >= 15 is 0 Å². The first-order valence-corrected chi connectivity index (χ1v) is 9.17. The maximum absolute atomic E-state index is 14.1. The molecular weight excluding hydrogens is 376 g/mol. The molecule has 29 heavy (non-hydrogen) atoms. The van der Waals surface area contributed by atoms with E-state index < -0.39 is 5.92 Å². The Kier molecular flexibility index (Phi) is 4.66. The summed E-state index contributed by atoms with van der Waals surface area (Å²) in [6, 6.07) is 15.0. The lowest BCUT2D eigenvalue weighted by Crippen LogP contribution is -2.19. The number of rotatable bonds is 5.